The van der Waals surface area contributed by atoms with Crippen LogP contribution in [0.25, 0.3) is 0 Å². The zero-order chi connectivity index (χ0) is 13.1. The minimum Gasteiger partial charge on any atom is -0.375 e. The highest BCUT2D eigenvalue weighted by molar-refractivity contribution is 5.16. The van der Waals surface area contributed by atoms with Crippen LogP contribution in [-0.2, 0) is 4.74 Å². The van der Waals surface area contributed by atoms with Crippen LogP contribution in [-0.4, -0.2) is 24.8 Å². The molecule has 2 aliphatic heterocycles. The molecule has 0 radical (unpaired) electrons. The normalized spacial score (nSPS) is 36.1. The zero-order valence-electron chi connectivity index (χ0n) is 12.4. The van der Waals surface area contributed by atoms with Gasteiger partial charge in [0.05, 0.1) is 12.2 Å². The average Bonchev–Trinajstić information content (AvgIpc) is 2.95. The quantitative estimate of drug-likeness (QED) is 0.762. The summed E-state index contributed by atoms with van der Waals surface area (Å²) in [5.41, 5.74) is 1.70. The van der Waals surface area contributed by atoms with Crippen molar-refractivity contribution in [2.75, 3.05) is 6.54 Å². The predicted molar refractivity (Wildman–Crippen MR) is 79.3 cm³/mol. The smallest absolute Gasteiger partial charge is 0.0627 e. The fourth-order valence-electron chi connectivity index (χ4n) is 4.21. The van der Waals surface area contributed by atoms with Gasteiger partial charge < -0.3 is 10.1 Å². The Bertz CT molecular complexity index is 325. The van der Waals surface area contributed by atoms with Gasteiger partial charge in [-0.3, -0.25) is 0 Å². The number of nitrogens with one attached hydrogen (secondary N) is 1. The summed E-state index contributed by atoms with van der Waals surface area (Å²) in [7, 11) is 0. The van der Waals surface area contributed by atoms with E-state index in [2.05, 4.69) is 18.3 Å². The summed E-state index contributed by atoms with van der Waals surface area (Å²) in [6.45, 7) is 3.42. The van der Waals surface area contributed by atoms with Crippen LogP contribution in [0.1, 0.15) is 64.7 Å². The first kappa shape index (κ1) is 13.6. The van der Waals surface area contributed by atoms with Gasteiger partial charge in [-0.15, -0.1) is 0 Å². The van der Waals surface area contributed by atoms with E-state index in [4.69, 9.17) is 4.74 Å². The van der Waals surface area contributed by atoms with Crippen LogP contribution in [0, 0.1) is 5.92 Å². The molecule has 108 valence electrons. The third-order valence-corrected chi connectivity index (χ3v) is 5.17. The van der Waals surface area contributed by atoms with Crippen LogP contribution < -0.4 is 5.32 Å². The van der Waals surface area contributed by atoms with Crippen LogP contribution in [0.15, 0.2) is 11.6 Å². The van der Waals surface area contributed by atoms with Crippen molar-refractivity contribution in [3.63, 3.8) is 0 Å². The molecule has 1 aliphatic carbocycles. The zero-order valence-corrected chi connectivity index (χ0v) is 12.4. The Morgan fingerprint density at radius 3 is 3.00 bits per heavy atom. The molecule has 0 spiro atoms. The molecule has 4 atom stereocenters. The fraction of sp³-hybridized carbons (Fsp3) is 0.882. The second kappa shape index (κ2) is 6.41. The highest BCUT2D eigenvalue weighted by atomic mass is 16.5. The summed E-state index contributed by atoms with van der Waals surface area (Å²) >= 11 is 0. The lowest BCUT2D eigenvalue weighted by molar-refractivity contribution is 0.0879. The second-order valence-electron chi connectivity index (χ2n) is 6.58. The molecule has 3 aliphatic rings. The maximum absolute atomic E-state index is 6.10. The van der Waals surface area contributed by atoms with Crippen molar-refractivity contribution >= 4 is 0 Å². The van der Waals surface area contributed by atoms with E-state index < -0.39 is 0 Å². The third kappa shape index (κ3) is 3.05. The maximum atomic E-state index is 6.10. The molecule has 0 aromatic heterocycles. The number of hydrogen-bond acceptors (Lipinski definition) is 2. The first-order valence-corrected chi connectivity index (χ1v) is 8.46. The summed E-state index contributed by atoms with van der Waals surface area (Å²) < 4.78 is 6.10. The molecule has 2 saturated heterocycles. The van der Waals surface area contributed by atoms with Crippen molar-refractivity contribution in [1.29, 1.82) is 0 Å². The van der Waals surface area contributed by atoms with Crippen LogP contribution in [0.3, 0.4) is 0 Å². The topological polar surface area (TPSA) is 21.3 Å². The summed E-state index contributed by atoms with van der Waals surface area (Å²) in [6.07, 6.45) is 15.6. The van der Waals surface area contributed by atoms with E-state index in [0.717, 1.165) is 12.5 Å². The van der Waals surface area contributed by atoms with Gasteiger partial charge in [-0.1, -0.05) is 25.0 Å². The molecular formula is C17H29NO. The van der Waals surface area contributed by atoms with E-state index >= 15 is 0 Å². The third-order valence-electron chi connectivity index (χ3n) is 5.17. The molecule has 0 saturated carbocycles. The lowest BCUT2D eigenvalue weighted by Crippen LogP contribution is -2.42. The summed E-state index contributed by atoms with van der Waals surface area (Å²) in [4.78, 5) is 0. The lowest BCUT2D eigenvalue weighted by Gasteiger charge is -2.31. The molecule has 3 rings (SSSR count). The lowest BCUT2D eigenvalue weighted by atomic mass is 9.79. The molecule has 2 heterocycles. The molecule has 2 nitrogen and oxygen atoms in total. The van der Waals surface area contributed by atoms with Crippen LogP contribution in [0.5, 0.6) is 0 Å². The van der Waals surface area contributed by atoms with Crippen LogP contribution in [0.2, 0.25) is 0 Å². The SMILES string of the molecule is CCCNC(C1=CCCCCC1)C1CC2CCC1O2. The number of allylic oxidation sites excluding steroid dienone is 1. The minimum absolute atomic E-state index is 0.545. The monoisotopic (exact) mass is 263 g/mol. The van der Waals surface area contributed by atoms with Crippen molar-refractivity contribution in [1.82, 2.24) is 5.32 Å². The number of hydrogen-bond donors (Lipinski definition) is 1. The van der Waals surface area contributed by atoms with E-state index in [1.54, 1.807) is 5.57 Å². The summed E-state index contributed by atoms with van der Waals surface area (Å²) in [5.74, 6) is 0.745. The number of fused-ring (bicyclic) bond motifs is 2. The van der Waals surface area contributed by atoms with Crippen molar-refractivity contribution in [3.8, 4) is 0 Å². The Kier molecular flexibility index (Phi) is 4.60. The highest BCUT2D eigenvalue weighted by Crippen LogP contribution is 2.42. The van der Waals surface area contributed by atoms with Gasteiger partial charge in [0.1, 0.15) is 0 Å². The summed E-state index contributed by atoms with van der Waals surface area (Å²) in [5, 5.41) is 3.85. The van der Waals surface area contributed by atoms with E-state index in [-0.39, 0.29) is 0 Å². The van der Waals surface area contributed by atoms with Crippen molar-refractivity contribution in [3.05, 3.63) is 11.6 Å². The molecule has 1 N–H and O–H groups in total. The van der Waals surface area contributed by atoms with Crippen molar-refractivity contribution < 1.29 is 4.74 Å². The van der Waals surface area contributed by atoms with Gasteiger partial charge in [0.25, 0.3) is 0 Å². The molecule has 2 bridgehead atoms. The van der Waals surface area contributed by atoms with Crippen molar-refractivity contribution in [2.24, 2.45) is 5.92 Å². The molecule has 0 aromatic carbocycles. The Morgan fingerprint density at radius 1 is 1.32 bits per heavy atom. The van der Waals surface area contributed by atoms with Gasteiger partial charge in [-0.25, -0.2) is 0 Å². The maximum Gasteiger partial charge on any atom is 0.0627 e. The van der Waals surface area contributed by atoms with Gasteiger partial charge in [0, 0.05) is 12.0 Å². The Labute approximate surface area is 118 Å². The molecular weight excluding hydrogens is 234 g/mol. The Morgan fingerprint density at radius 2 is 2.26 bits per heavy atom. The molecule has 2 fully saturated rings. The van der Waals surface area contributed by atoms with Crippen LogP contribution in [0.4, 0.5) is 0 Å². The molecule has 0 amide bonds. The first-order valence-electron chi connectivity index (χ1n) is 8.46. The van der Waals surface area contributed by atoms with Gasteiger partial charge >= 0.3 is 0 Å². The molecule has 2 heteroatoms. The van der Waals surface area contributed by atoms with Crippen LogP contribution >= 0.6 is 0 Å². The van der Waals surface area contributed by atoms with E-state index in [0.29, 0.717) is 18.2 Å². The van der Waals surface area contributed by atoms with Gasteiger partial charge in [0.15, 0.2) is 0 Å². The fourth-order valence-corrected chi connectivity index (χ4v) is 4.21. The number of ether oxygens (including phenoxy) is 1. The van der Waals surface area contributed by atoms with E-state index in [1.165, 1.54) is 57.8 Å². The standard InChI is InChI=1S/C17H29NO/c1-2-11-18-17(13-7-5-3-4-6-8-13)15-12-14-9-10-16(15)19-14/h7,14-18H,2-6,8-12H2,1H3. The molecule has 4 unspecified atom stereocenters. The van der Waals surface area contributed by atoms with E-state index in [9.17, 15) is 0 Å². The molecule has 0 aromatic rings. The van der Waals surface area contributed by atoms with Crippen molar-refractivity contribution in [2.45, 2.75) is 83.0 Å². The average molecular weight is 263 g/mol. The minimum atomic E-state index is 0.545. The Balaban J connectivity index is 1.71. The largest absolute Gasteiger partial charge is 0.375 e. The highest BCUT2D eigenvalue weighted by Gasteiger charge is 2.44. The van der Waals surface area contributed by atoms with Gasteiger partial charge in [-0.05, 0) is 57.9 Å². The second-order valence-corrected chi connectivity index (χ2v) is 6.58. The number of rotatable bonds is 5. The first-order chi connectivity index (χ1) is 9.38. The van der Waals surface area contributed by atoms with E-state index in [1.807, 2.05) is 0 Å². The van der Waals surface area contributed by atoms with Gasteiger partial charge in [-0.2, -0.15) is 0 Å². The molecule has 19 heavy (non-hydrogen) atoms. The summed E-state index contributed by atoms with van der Waals surface area (Å²) in [6, 6.07) is 0.605. The predicted octanol–water partition coefficient (Wildman–Crippen LogP) is 3.81. The van der Waals surface area contributed by atoms with Gasteiger partial charge in [0.2, 0.25) is 0 Å². The Hall–Kier alpha value is -0.340.